The third-order valence-corrected chi connectivity index (χ3v) is 3.61. The zero-order valence-corrected chi connectivity index (χ0v) is 13.3. The Labute approximate surface area is 135 Å². The molecule has 1 aromatic heterocycles. The molecule has 0 N–H and O–H groups in total. The molecule has 0 aliphatic carbocycles. The summed E-state index contributed by atoms with van der Waals surface area (Å²) in [5.41, 5.74) is 2.13. The van der Waals surface area contributed by atoms with Crippen molar-refractivity contribution >= 4 is 0 Å². The van der Waals surface area contributed by atoms with E-state index in [1.54, 1.807) is 13.4 Å². The van der Waals surface area contributed by atoms with Crippen molar-refractivity contribution in [1.29, 1.82) is 0 Å². The first-order chi connectivity index (χ1) is 11.3. The Morgan fingerprint density at radius 3 is 2.30 bits per heavy atom. The van der Waals surface area contributed by atoms with Crippen LogP contribution in [0.3, 0.4) is 0 Å². The average Bonchev–Trinajstić information content (AvgIpc) is 3.09. The van der Waals surface area contributed by atoms with Crippen LogP contribution in [0, 0.1) is 0 Å². The Hall–Kier alpha value is -2.82. The van der Waals surface area contributed by atoms with Crippen LogP contribution in [-0.2, 0) is 13.0 Å². The Morgan fingerprint density at radius 2 is 1.65 bits per heavy atom. The highest BCUT2D eigenvalue weighted by molar-refractivity contribution is 5.38. The van der Waals surface area contributed by atoms with Gasteiger partial charge in [-0.2, -0.15) is 0 Å². The van der Waals surface area contributed by atoms with Crippen LogP contribution in [0.1, 0.15) is 18.3 Å². The molecule has 5 heteroatoms. The second-order valence-electron chi connectivity index (χ2n) is 5.10. The van der Waals surface area contributed by atoms with Crippen molar-refractivity contribution in [3.63, 3.8) is 0 Å². The van der Waals surface area contributed by atoms with Gasteiger partial charge in [-0.15, -0.1) is 10.2 Å². The van der Waals surface area contributed by atoms with E-state index in [-0.39, 0.29) is 0 Å². The zero-order valence-electron chi connectivity index (χ0n) is 13.3. The number of hydrogen-bond acceptors (Lipinski definition) is 4. The molecule has 0 saturated heterocycles. The number of nitrogens with zero attached hydrogens (tertiary/aromatic N) is 3. The number of aromatic nitrogens is 3. The number of rotatable bonds is 6. The smallest absolute Gasteiger partial charge is 0.137 e. The van der Waals surface area contributed by atoms with Crippen molar-refractivity contribution in [2.24, 2.45) is 0 Å². The van der Waals surface area contributed by atoms with Gasteiger partial charge in [-0.25, -0.2) is 0 Å². The van der Waals surface area contributed by atoms with Crippen molar-refractivity contribution in [3.8, 4) is 17.2 Å². The van der Waals surface area contributed by atoms with Crippen molar-refractivity contribution in [2.45, 2.75) is 20.0 Å². The maximum Gasteiger partial charge on any atom is 0.137 e. The quantitative estimate of drug-likeness (QED) is 0.700. The monoisotopic (exact) mass is 309 g/mol. The number of methoxy groups -OCH3 is 1. The van der Waals surface area contributed by atoms with Gasteiger partial charge in [0.15, 0.2) is 0 Å². The first-order valence-corrected chi connectivity index (χ1v) is 7.55. The lowest BCUT2D eigenvalue weighted by Crippen LogP contribution is -1.99. The lowest BCUT2D eigenvalue weighted by atomic mass is 10.2. The molecule has 118 valence electrons. The normalized spacial score (nSPS) is 10.5. The SMILES string of the molecule is CCc1nncn1-c1ccc(OCc2ccc(OC)cc2)cc1. The molecule has 0 atom stereocenters. The van der Waals surface area contributed by atoms with E-state index < -0.39 is 0 Å². The molecule has 0 amide bonds. The topological polar surface area (TPSA) is 49.2 Å². The molecule has 0 aliphatic heterocycles. The van der Waals surface area contributed by atoms with Crippen LogP contribution in [0.5, 0.6) is 11.5 Å². The molecule has 5 nitrogen and oxygen atoms in total. The van der Waals surface area contributed by atoms with E-state index in [2.05, 4.69) is 17.1 Å². The Morgan fingerprint density at radius 1 is 0.957 bits per heavy atom. The molecule has 0 fully saturated rings. The van der Waals surface area contributed by atoms with Crippen LogP contribution in [-0.4, -0.2) is 21.9 Å². The fraction of sp³-hybridized carbons (Fsp3) is 0.222. The van der Waals surface area contributed by atoms with E-state index in [1.807, 2.05) is 53.1 Å². The standard InChI is InChI=1S/C18H19N3O2/c1-3-18-20-19-13-21(18)15-6-10-17(11-7-15)23-12-14-4-8-16(22-2)9-5-14/h4-11,13H,3,12H2,1-2H3. The molecule has 23 heavy (non-hydrogen) atoms. The summed E-state index contributed by atoms with van der Waals surface area (Å²) >= 11 is 0. The molecular formula is C18H19N3O2. The Balaban J connectivity index is 1.65. The van der Waals surface area contributed by atoms with Crippen LogP contribution in [0.25, 0.3) is 5.69 Å². The predicted molar refractivity (Wildman–Crippen MR) is 88.1 cm³/mol. The second-order valence-corrected chi connectivity index (χ2v) is 5.10. The lowest BCUT2D eigenvalue weighted by Gasteiger charge is -2.09. The molecule has 2 aromatic carbocycles. The summed E-state index contributed by atoms with van der Waals surface area (Å²) < 4.78 is 12.9. The van der Waals surface area contributed by atoms with E-state index >= 15 is 0 Å². The van der Waals surface area contributed by atoms with Crippen molar-refractivity contribution in [2.75, 3.05) is 7.11 Å². The number of ether oxygens (including phenoxy) is 2. The first-order valence-electron chi connectivity index (χ1n) is 7.55. The van der Waals surface area contributed by atoms with Crippen LogP contribution >= 0.6 is 0 Å². The summed E-state index contributed by atoms with van der Waals surface area (Å²) in [4.78, 5) is 0. The highest BCUT2D eigenvalue weighted by Gasteiger charge is 2.04. The van der Waals surface area contributed by atoms with Crippen LogP contribution in [0.2, 0.25) is 0 Å². The van der Waals surface area contributed by atoms with E-state index in [0.29, 0.717) is 6.61 Å². The first kappa shape index (κ1) is 15.1. The van der Waals surface area contributed by atoms with Crippen LogP contribution in [0.15, 0.2) is 54.9 Å². The second kappa shape index (κ2) is 6.96. The predicted octanol–water partition coefficient (Wildman–Crippen LogP) is 3.42. The van der Waals surface area contributed by atoms with Gasteiger partial charge in [0, 0.05) is 12.1 Å². The molecule has 0 spiro atoms. The Bertz CT molecular complexity index is 749. The number of aryl methyl sites for hydroxylation is 1. The van der Waals surface area contributed by atoms with Gasteiger partial charge in [-0.05, 0) is 42.0 Å². The number of hydrogen-bond donors (Lipinski definition) is 0. The van der Waals surface area contributed by atoms with Crippen molar-refractivity contribution in [1.82, 2.24) is 14.8 Å². The third kappa shape index (κ3) is 3.51. The Kier molecular flexibility index (Phi) is 4.57. The van der Waals surface area contributed by atoms with Gasteiger partial charge in [0.1, 0.15) is 30.3 Å². The maximum atomic E-state index is 5.81. The highest BCUT2D eigenvalue weighted by Crippen LogP contribution is 2.18. The summed E-state index contributed by atoms with van der Waals surface area (Å²) in [5, 5.41) is 8.05. The maximum absolute atomic E-state index is 5.81. The fourth-order valence-electron chi connectivity index (χ4n) is 2.31. The molecule has 0 unspecified atom stereocenters. The molecule has 0 saturated carbocycles. The van der Waals surface area contributed by atoms with Crippen LogP contribution < -0.4 is 9.47 Å². The minimum absolute atomic E-state index is 0.524. The molecule has 3 rings (SSSR count). The van der Waals surface area contributed by atoms with Gasteiger partial charge in [0.05, 0.1) is 7.11 Å². The summed E-state index contributed by atoms with van der Waals surface area (Å²) in [7, 11) is 1.66. The largest absolute Gasteiger partial charge is 0.497 e. The zero-order chi connectivity index (χ0) is 16.1. The summed E-state index contributed by atoms with van der Waals surface area (Å²) in [6, 6.07) is 15.8. The van der Waals surface area contributed by atoms with E-state index in [0.717, 1.165) is 35.0 Å². The van der Waals surface area contributed by atoms with Crippen LogP contribution in [0.4, 0.5) is 0 Å². The fourth-order valence-corrected chi connectivity index (χ4v) is 2.31. The molecule has 0 bridgehead atoms. The third-order valence-electron chi connectivity index (χ3n) is 3.61. The molecule has 1 heterocycles. The van der Waals surface area contributed by atoms with Gasteiger partial charge < -0.3 is 9.47 Å². The summed E-state index contributed by atoms with van der Waals surface area (Å²) in [6.07, 6.45) is 2.57. The molecular weight excluding hydrogens is 290 g/mol. The van der Waals surface area contributed by atoms with E-state index in [9.17, 15) is 0 Å². The summed E-state index contributed by atoms with van der Waals surface area (Å²) in [6.45, 7) is 2.59. The minimum atomic E-state index is 0.524. The van der Waals surface area contributed by atoms with E-state index in [1.165, 1.54) is 0 Å². The van der Waals surface area contributed by atoms with Gasteiger partial charge in [0.25, 0.3) is 0 Å². The van der Waals surface area contributed by atoms with E-state index in [4.69, 9.17) is 9.47 Å². The molecule has 3 aromatic rings. The average molecular weight is 309 g/mol. The van der Waals surface area contributed by atoms with Gasteiger partial charge in [-0.1, -0.05) is 19.1 Å². The van der Waals surface area contributed by atoms with Gasteiger partial charge >= 0.3 is 0 Å². The van der Waals surface area contributed by atoms with Crippen molar-refractivity contribution in [3.05, 3.63) is 66.2 Å². The lowest BCUT2D eigenvalue weighted by molar-refractivity contribution is 0.306. The number of benzene rings is 2. The molecule has 0 radical (unpaired) electrons. The highest BCUT2D eigenvalue weighted by atomic mass is 16.5. The van der Waals surface area contributed by atoms with Gasteiger partial charge in [0.2, 0.25) is 0 Å². The van der Waals surface area contributed by atoms with Crippen molar-refractivity contribution < 1.29 is 9.47 Å². The molecule has 0 aliphatic rings. The van der Waals surface area contributed by atoms with Gasteiger partial charge in [-0.3, -0.25) is 4.57 Å². The summed E-state index contributed by atoms with van der Waals surface area (Å²) in [5.74, 6) is 2.62. The minimum Gasteiger partial charge on any atom is -0.497 e.